The van der Waals surface area contributed by atoms with Gasteiger partial charge in [0, 0.05) is 0 Å². The van der Waals surface area contributed by atoms with Gasteiger partial charge < -0.3 is 14.2 Å². The second kappa shape index (κ2) is 11.9. The van der Waals surface area contributed by atoms with E-state index in [0.717, 1.165) is 6.42 Å². The molecule has 0 rings (SSSR count). The third kappa shape index (κ3) is 6.20. The van der Waals surface area contributed by atoms with Crippen LogP contribution in [0.2, 0.25) is 0 Å². The van der Waals surface area contributed by atoms with E-state index >= 15 is 0 Å². The van der Waals surface area contributed by atoms with E-state index in [1.165, 1.54) is 0 Å². The average Bonchev–Trinajstić information content (AvgIpc) is 2.56. The predicted octanol–water partition coefficient (Wildman–Crippen LogP) is 3.02. The zero-order valence-corrected chi connectivity index (χ0v) is 14.8. The van der Waals surface area contributed by atoms with Crippen molar-refractivity contribution in [1.29, 1.82) is 0 Å². The maximum absolute atomic E-state index is 12.5. The molecule has 0 fully saturated rings. The van der Waals surface area contributed by atoms with Crippen LogP contribution in [-0.4, -0.2) is 37.7 Å². The Morgan fingerprint density at radius 2 is 1.00 bits per heavy atom. The van der Waals surface area contributed by atoms with Crippen molar-refractivity contribution in [3.63, 3.8) is 0 Å². The summed E-state index contributed by atoms with van der Waals surface area (Å²) in [6.45, 7) is 7.87. The van der Waals surface area contributed by atoms with Crippen LogP contribution in [0.25, 0.3) is 0 Å². The summed E-state index contributed by atoms with van der Waals surface area (Å²) in [5.74, 6) is -2.60. The molecule has 0 aromatic rings. The quantitative estimate of drug-likeness (QED) is 0.311. The molecular formula is C17H30O6. The Morgan fingerprint density at radius 1 is 0.652 bits per heavy atom. The molecule has 0 bridgehead atoms. The van der Waals surface area contributed by atoms with Gasteiger partial charge in [-0.05, 0) is 25.7 Å². The molecule has 0 atom stereocenters. The molecule has 6 heteroatoms. The van der Waals surface area contributed by atoms with Crippen molar-refractivity contribution < 1.29 is 28.6 Å². The summed E-state index contributed by atoms with van der Waals surface area (Å²) in [4.78, 5) is 37.5. The van der Waals surface area contributed by atoms with Crippen LogP contribution in [0.4, 0.5) is 0 Å². The van der Waals surface area contributed by atoms with Crippen molar-refractivity contribution >= 4 is 17.9 Å². The van der Waals surface area contributed by atoms with Crippen molar-refractivity contribution in [2.75, 3.05) is 19.8 Å². The topological polar surface area (TPSA) is 78.9 Å². The zero-order valence-electron chi connectivity index (χ0n) is 14.8. The van der Waals surface area contributed by atoms with E-state index in [9.17, 15) is 14.4 Å². The molecule has 0 aromatic carbocycles. The molecule has 0 heterocycles. The molecule has 0 saturated heterocycles. The molecule has 0 N–H and O–H groups in total. The number of carbonyl (C=O) groups is 3. The highest BCUT2D eigenvalue weighted by Crippen LogP contribution is 2.31. The molecule has 6 nitrogen and oxygen atoms in total. The summed E-state index contributed by atoms with van der Waals surface area (Å²) >= 11 is 0. The predicted molar refractivity (Wildman–Crippen MR) is 85.7 cm³/mol. The smallest absolute Gasteiger partial charge is 0.335 e. The van der Waals surface area contributed by atoms with Crippen molar-refractivity contribution in [3.05, 3.63) is 0 Å². The second-order valence-corrected chi connectivity index (χ2v) is 5.42. The highest BCUT2D eigenvalue weighted by atomic mass is 16.6. The SMILES string of the molecule is CCCCC(C(=O)OCCC)(C(=O)OCCC)C(=O)OCCC. The van der Waals surface area contributed by atoms with E-state index in [1.54, 1.807) is 0 Å². The minimum absolute atomic E-state index is 0.0388. The van der Waals surface area contributed by atoms with Gasteiger partial charge in [0.15, 0.2) is 0 Å². The Morgan fingerprint density at radius 3 is 1.26 bits per heavy atom. The van der Waals surface area contributed by atoms with E-state index in [-0.39, 0.29) is 26.2 Å². The monoisotopic (exact) mass is 330 g/mol. The normalized spacial score (nSPS) is 11.0. The van der Waals surface area contributed by atoms with Gasteiger partial charge in [0.05, 0.1) is 19.8 Å². The molecule has 0 saturated carbocycles. The van der Waals surface area contributed by atoms with Gasteiger partial charge in [0.2, 0.25) is 0 Å². The van der Waals surface area contributed by atoms with Crippen LogP contribution in [0, 0.1) is 5.41 Å². The van der Waals surface area contributed by atoms with Gasteiger partial charge >= 0.3 is 17.9 Å². The van der Waals surface area contributed by atoms with Crippen LogP contribution in [0.15, 0.2) is 0 Å². The molecule has 0 amide bonds. The molecular weight excluding hydrogens is 300 g/mol. The Bertz CT molecular complexity index is 327. The Hall–Kier alpha value is -1.59. The number of carbonyl (C=O) groups excluding carboxylic acids is 3. The van der Waals surface area contributed by atoms with Crippen molar-refractivity contribution in [3.8, 4) is 0 Å². The molecule has 0 unspecified atom stereocenters. The van der Waals surface area contributed by atoms with Gasteiger partial charge in [-0.3, -0.25) is 14.4 Å². The van der Waals surface area contributed by atoms with Crippen LogP contribution in [-0.2, 0) is 28.6 Å². The van der Waals surface area contributed by atoms with Crippen molar-refractivity contribution in [1.82, 2.24) is 0 Å². The van der Waals surface area contributed by atoms with Gasteiger partial charge in [0.1, 0.15) is 0 Å². The summed E-state index contributed by atoms with van der Waals surface area (Å²) < 4.78 is 15.3. The molecule has 0 aliphatic heterocycles. The first-order chi connectivity index (χ1) is 11.0. The van der Waals surface area contributed by atoms with Crippen LogP contribution < -0.4 is 0 Å². The summed E-state index contributed by atoms with van der Waals surface area (Å²) in [5.41, 5.74) is -2.00. The first-order valence-corrected chi connectivity index (χ1v) is 8.52. The number of rotatable bonds is 12. The molecule has 134 valence electrons. The summed E-state index contributed by atoms with van der Waals surface area (Å²) in [5, 5.41) is 0. The lowest BCUT2D eigenvalue weighted by molar-refractivity contribution is -0.185. The van der Waals surface area contributed by atoms with Crippen LogP contribution in [0.5, 0.6) is 0 Å². The number of hydrogen-bond donors (Lipinski definition) is 0. The molecule has 0 radical (unpaired) electrons. The number of hydrogen-bond acceptors (Lipinski definition) is 6. The standard InChI is InChI=1S/C17H30O6/c1-5-9-10-17(14(18)21-11-6-2,15(19)22-12-7-3)16(20)23-13-8-4/h5-13H2,1-4H3. The highest BCUT2D eigenvalue weighted by Gasteiger charge is 2.56. The maximum Gasteiger partial charge on any atom is 0.335 e. The van der Waals surface area contributed by atoms with Gasteiger partial charge in [-0.1, -0.05) is 40.5 Å². The summed E-state index contributed by atoms with van der Waals surface area (Å²) in [6.07, 6.45) is 3.09. The van der Waals surface area contributed by atoms with Gasteiger partial charge in [-0.2, -0.15) is 0 Å². The Labute approximate surface area is 138 Å². The summed E-state index contributed by atoms with van der Waals surface area (Å²) in [7, 11) is 0. The zero-order chi connectivity index (χ0) is 17.7. The molecule has 23 heavy (non-hydrogen) atoms. The van der Waals surface area contributed by atoms with Gasteiger partial charge in [-0.15, -0.1) is 0 Å². The van der Waals surface area contributed by atoms with Crippen molar-refractivity contribution in [2.24, 2.45) is 5.41 Å². The summed E-state index contributed by atoms with van der Waals surface area (Å²) in [6, 6.07) is 0. The average molecular weight is 330 g/mol. The van der Waals surface area contributed by atoms with Crippen LogP contribution in [0.3, 0.4) is 0 Å². The highest BCUT2D eigenvalue weighted by molar-refractivity contribution is 6.17. The van der Waals surface area contributed by atoms with Crippen LogP contribution >= 0.6 is 0 Å². The lowest BCUT2D eigenvalue weighted by Gasteiger charge is -2.27. The van der Waals surface area contributed by atoms with E-state index in [1.807, 2.05) is 27.7 Å². The third-order valence-corrected chi connectivity index (χ3v) is 3.26. The Balaban J connectivity index is 5.54. The third-order valence-electron chi connectivity index (χ3n) is 3.26. The minimum Gasteiger partial charge on any atom is -0.464 e. The molecule has 0 aliphatic rings. The van der Waals surface area contributed by atoms with E-state index in [2.05, 4.69) is 0 Å². The Kier molecular flexibility index (Phi) is 11.1. The maximum atomic E-state index is 12.5. The fourth-order valence-electron chi connectivity index (χ4n) is 1.95. The van der Waals surface area contributed by atoms with E-state index in [4.69, 9.17) is 14.2 Å². The number of ether oxygens (including phenoxy) is 3. The first kappa shape index (κ1) is 21.4. The van der Waals surface area contributed by atoms with Crippen LogP contribution in [0.1, 0.15) is 66.2 Å². The number of unbranched alkanes of at least 4 members (excludes halogenated alkanes) is 1. The fourth-order valence-corrected chi connectivity index (χ4v) is 1.95. The lowest BCUT2D eigenvalue weighted by atomic mass is 9.82. The largest absolute Gasteiger partial charge is 0.464 e. The number of esters is 3. The second-order valence-electron chi connectivity index (χ2n) is 5.42. The van der Waals surface area contributed by atoms with E-state index < -0.39 is 23.3 Å². The lowest BCUT2D eigenvalue weighted by Crippen LogP contribution is -2.49. The van der Waals surface area contributed by atoms with Gasteiger partial charge in [-0.25, -0.2) is 0 Å². The molecule has 0 aromatic heterocycles. The molecule has 0 spiro atoms. The molecule has 0 aliphatic carbocycles. The van der Waals surface area contributed by atoms with Crippen molar-refractivity contribution in [2.45, 2.75) is 66.2 Å². The van der Waals surface area contributed by atoms with Gasteiger partial charge in [0.25, 0.3) is 5.41 Å². The first-order valence-electron chi connectivity index (χ1n) is 8.52. The fraction of sp³-hybridized carbons (Fsp3) is 0.824. The van der Waals surface area contributed by atoms with E-state index in [0.29, 0.717) is 25.7 Å². The minimum atomic E-state index is -2.00.